The highest BCUT2D eigenvalue weighted by Crippen LogP contribution is 2.23. The number of nitrogens with one attached hydrogen (secondary N) is 1. The molecule has 0 spiro atoms. The third kappa shape index (κ3) is 2.59. The smallest absolute Gasteiger partial charge is 0.228 e. The number of rotatable bonds is 3. The predicted molar refractivity (Wildman–Crippen MR) is 64.9 cm³/mol. The molecule has 2 heterocycles. The first kappa shape index (κ1) is 11.1. The van der Waals surface area contributed by atoms with Crippen molar-refractivity contribution >= 4 is 33.2 Å². The van der Waals surface area contributed by atoms with Gasteiger partial charge in [0.15, 0.2) is 0 Å². The van der Waals surface area contributed by atoms with Crippen molar-refractivity contribution in [1.29, 1.82) is 0 Å². The summed E-state index contributed by atoms with van der Waals surface area (Å²) in [6.45, 7) is 2.38. The molecule has 1 aliphatic rings. The van der Waals surface area contributed by atoms with Crippen LogP contribution < -0.4 is 5.32 Å². The second-order valence-electron chi connectivity index (χ2n) is 3.76. The van der Waals surface area contributed by atoms with Gasteiger partial charge in [0.05, 0.1) is 16.2 Å². The summed E-state index contributed by atoms with van der Waals surface area (Å²) in [4.78, 5) is 14.8. The minimum Gasteiger partial charge on any atom is -0.340 e. The number of thiophene rings is 1. The monoisotopic (exact) mass is 288 g/mol. The molecular formula is C10H13BrN2OS. The average molecular weight is 289 g/mol. The lowest BCUT2D eigenvalue weighted by Crippen LogP contribution is -2.50. The van der Waals surface area contributed by atoms with Gasteiger partial charge in [0.1, 0.15) is 0 Å². The molecule has 2 rings (SSSR count). The number of hydrogen-bond donors (Lipinski definition) is 1. The summed E-state index contributed by atoms with van der Waals surface area (Å²) in [5, 5.41) is 3.11. The molecule has 1 aliphatic heterocycles. The molecule has 1 aromatic rings. The maximum Gasteiger partial charge on any atom is 0.228 e. The van der Waals surface area contributed by atoms with E-state index in [0.717, 1.165) is 16.9 Å². The summed E-state index contributed by atoms with van der Waals surface area (Å²) in [5.41, 5.74) is 0. The van der Waals surface area contributed by atoms with Crippen molar-refractivity contribution in [1.82, 2.24) is 10.2 Å². The summed E-state index contributed by atoms with van der Waals surface area (Å²) in [6.07, 6.45) is 0. The van der Waals surface area contributed by atoms with E-state index < -0.39 is 0 Å². The summed E-state index contributed by atoms with van der Waals surface area (Å²) >= 11 is 5.10. The third-order valence-corrected chi connectivity index (χ3v) is 4.14. The molecule has 0 bridgehead atoms. The van der Waals surface area contributed by atoms with E-state index in [9.17, 15) is 4.79 Å². The Balaban J connectivity index is 1.91. The molecule has 5 heteroatoms. The van der Waals surface area contributed by atoms with E-state index in [1.807, 2.05) is 18.0 Å². The second-order valence-corrected chi connectivity index (χ2v) is 6.30. The van der Waals surface area contributed by atoms with Crippen molar-refractivity contribution in [3.05, 3.63) is 20.8 Å². The number of carbonyl (C=O) groups excluding carboxylic acids is 1. The fourth-order valence-electron chi connectivity index (χ4n) is 1.52. The van der Waals surface area contributed by atoms with Crippen molar-refractivity contribution in [2.75, 3.05) is 20.1 Å². The lowest BCUT2D eigenvalue weighted by Gasteiger charge is -2.30. The Kier molecular flexibility index (Phi) is 3.43. The molecule has 1 amide bonds. The molecule has 1 aromatic heterocycles. The van der Waals surface area contributed by atoms with E-state index in [-0.39, 0.29) is 11.8 Å². The van der Waals surface area contributed by atoms with Gasteiger partial charge >= 0.3 is 0 Å². The maximum absolute atomic E-state index is 11.8. The van der Waals surface area contributed by atoms with Gasteiger partial charge in [0.2, 0.25) is 5.91 Å². The molecule has 0 saturated carbocycles. The van der Waals surface area contributed by atoms with E-state index in [4.69, 9.17) is 0 Å². The van der Waals surface area contributed by atoms with Crippen LogP contribution in [-0.4, -0.2) is 30.9 Å². The minimum absolute atomic E-state index is 0.193. The molecule has 82 valence electrons. The van der Waals surface area contributed by atoms with Gasteiger partial charge in [-0.25, -0.2) is 0 Å². The van der Waals surface area contributed by atoms with Gasteiger partial charge in [0.25, 0.3) is 0 Å². The van der Waals surface area contributed by atoms with Crippen molar-refractivity contribution in [3.8, 4) is 0 Å². The van der Waals surface area contributed by atoms with Crippen LogP contribution in [0.25, 0.3) is 0 Å². The minimum atomic E-state index is 0.193. The second kappa shape index (κ2) is 4.63. The summed E-state index contributed by atoms with van der Waals surface area (Å²) in [5.74, 6) is 0.441. The Morgan fingerprint density at radius 2 is 2.40 bits per heavy atom. The van der Waals surface area contributed by atoms with Gasteiger partial charge in [-0.15, -0.1) is 11.3 Å². The van der Waals surface area contributed by atoms with Crippen molar-refractivity contribution in [3.63, 3.8) is 0 Å². The Labute approximate surface area is 102 Å². The summed E-state index contributed by atoms with van der Waals surface area (Å²) < 4.78 is 1.11. The molecule has 15 heavy (non-hydrogen) atoms. The van der Waals surface area contributed by atoms with Crippen LogP contribution in [0.1, 0.15) is 4.88 Å². The first-order chi connectivity index (χ1) is 7.16. The first-order valence-corrected chi connectivity index (χ1v) is 6.47. The summed E-state index contributed by atoms with van der Waals surface area (Å²) in [6, 6.07) is 4.07. The standard InChI is InChI=1S/C10H13BrN2OS/c1-13(10(14)7-4-12-5-7)6-8-2-3-9(11)15-8/h2-3,7,12H,4-6H2,1H3. The zero-order valence-corrected chi connectivity index (χ0v) is 10.9. The van der Waals surface area contributed by atoms with E-state index in [0.29, 0.717) is 6.54 Å². The van der Waals surface area contributed by atoms with Crippen LogP contribution in [-0.2, 0) is 11.3 Å². The normalized spacial score (nSPS) is 16.1. The number of nitrogens with zero attached hydrogens (tertiary/aromatic N) is 1. The first-order valence-electron chi connectivity index (χ1n) is 4.86. The van der Waals surface area contributed by atoms with Gasteiger partial charge in [-0.05, 0) is 28.1 Å². The Morgan fingerprint density at radius 1 is 1.67 bits per heavy atom. The van der Waals surface area contributed by atoms with E-state index in [2.05, 4.69) is 27.3 Å². The van der Waals surface area contributed by atoms with Crippen molar-refractivity contribution in [2.24, 2.45) is 5.92 Å². The SMILES string of the molecule is CN(Cc1ccc(Br)s1)C(=O)C1CNC1. The maximum atomic E-state index is 11.8. The van der Waals surface area contributed by atoms with Crippen LogP contribution in [0.3, 0.4) is 0 Å². The topological polar surface area (TPSA) is 32.3 Å². The number of carbonyl (C=O) groups is 1. The van der Waals surface area contributed by atoms with Crippen molar-refractivity contribution < 1.29 is 4.79 Å². The molecule has 1 fully saturated rings. The van der Waals surface area contributed by atoms with Gasteiger partial charge in [-0.1, -0.05) is 0 Å². The number of hydrogen-bond acceptors (Lipinski definition) is 3. The van der Waals surface area contributed by atoms with Gasteiger partial charge in [-0.3, -0.25) is 4.79 Å². The third-order valence-electron chi connectivity index (χ3n) is 2.53. The zero-order valence-electron chi connectivity index (χ0n) is 8.50. The number of amides is 1. The lowest BCUT2D eigenvalue weighted by molar-refractivity contribution is -0.136. The van der Waals surface area contributed by atoms with E-state index in [1.54, 1.807) is 11.3 Å². The van der Waals surface area contributed by atoms with Crippen LogP contribution in [0.15, 0.2) is 15.9 Å². The van der Waals surface area contributed by atoms with Crippen LogP contribution in [0, 0.1) is 5.92 Å². The van der Waals surface area contributed by atoms with Crippen LogP contribution in [0.4, 0.5) is 0 Å². The Morgan fingerprint density at radius 3 is 2.87 bits per heavy atom. The highest BCUT2D eigenvalue weighted by Gasteiger charge is 2.27. The van der Waals surface area contributed by atoms with E-state index >= 15 is 0 Å². The molecule has 0 atom stereocenters. The average Bonchev–Trinajstić information content (AvgIpc) is 2.48. The van der Waals surface area contributed by atoms with Crippen LogP contribution >= 0.6 is 27.3 Å². The highest BCUT2D eigenvalue weighted by molar-refractivity contribution is 9.11. The zero-order chi connectivity index (χ0) is 10.8. The van der Waals surface area contributed by atoms with Crippen molar-refractivity contribution in [2.45, 2.75) is 6.54 Å². The van der Waals surface area contributed by atoms with Crippen LogP contribution in [0.2, 0.25) is 0 Å². The van der Waals surface area contributed by atoms with Gasteiger partial charge < -0.3 is 10.2 Å². The molecule has 0 aliphatic carbocycles. The number of halogens is 1. The Bertz CT molecular complexity index is 362. The quantitative estimate of drug-likeness (QED) is 0.918. The fraction of sp³-hybridized carbons (Fsp3) is 0.500. The molecule has 3 nitrogen and oxygen atoms in total. The molecule has 1 N–H and O–H groups in total. The largest absolute Gasteiger partial charge is 0.340 e. The molecule has 0 aromatic carbocycles. The lowest BCUT2D eigenvalue weighted by atomic mass is 10.0. The molecule has 1 saturated heterocycles. The predicted octanol–water partition coefficient (Wildman–Crippen LogP) is 1.69. The fourth-order valence-corrected chi connectivity index (χ4v) is 3.06. The molecule has 0 radical (unpaired) electrons. The van der Waals surface area contributed by atoms with Gasteiger partial charge in [-0.2, -0.15) is 0 Å². The highest BCUT2D eigenvalue weighted by atomic mass is 79.9. The van der Waals surface area contributed by atoms with Gasteiger partial charge in [0, 0.05) is 25.0 Å². The van der Waals surface area contributed by atoms with E-state index in [1.165, 1.54) is 4.88 Å². The summed E-state index contributed by atoms with van der Waals surface area (Å²) in [7, 11) is 1.87. The molecule has 0 unspecified atom stereocenters. The Hall–Kier alpha value is -0.390. The van der Waals surface area contributed by atoms with Crippen LogP contribution in [0.5, 0.6) is 0 Å². The molecular weight excluding hydrogens is 276 g/mol.